The quantitative estimate of drug-likeness (QED) is 0.526. The summed E-state index contributed by atoms with van der Waals surface area (Å²) < 4.78 is 5.24. The highest BCUT2D eigenvalue weighted by Crippen LogP contribution is 2.32. The molecule has 0 atom stereocenters. The predicted molar refractivity (Wildman–Crippen MR) is 107 cm³/mol. The minimum atomic E-state index is -0.110. The third kappa shape index (κ3) is 3.72. The number of halogens is 1. The number of para-hydroxylation sites is 1. The Balaban J connectivity index is 1.44. The van der Waals surface area contributed by atoms with Crippen LogP contribution in [0.1, 0.15) is 16.3 Å². The number of thiazole rings is 1. The second kappa shape index (κ2) is 7.50. The molecule has 1 amide bonds. The molecular weight excluding hydrogens is 382 g/mol. The van der Waals surface area contributed by atoms with E-state index in [1.54, 1.807) is 0 Å². The molecular formula is C20H16ClN3O2S. The molecule has 5 nitrogen and oxygen atoms in total. The van der Waals surface area contributed by atoms with Gasteiger partial charge in [0.15, 0.2) is 5.58 Å². The van der Waals surface area contributed by atoms with Crippen molar-refractivity contribution >= 4 is 39.8 Å². The van der Waals surface area contributed by atoms with Gasteiger partial charge < -0.3 is 9.84 Å². The van der Waals surface area contributed by atoms with Gasteiger partial charge in [-0.25, -0.2) is 4.98 Å². The molecule has 2 aromatic heterocycles. The Morgan fingerprint density at radius 1 is 1.19 bits per heavy atom. The Morgan fingerprint density at radius 3 is 2.81 bits per heavy atom. The zero-order valence-corrected chi connectivity index (χ0v) is 16.1. The van der Waals surface area contributed by atoms with Gasteiger partial charge in [-0.2, -0.15) is 0 Å². The Kier molecular flexibility index (Phi) is 4.92. The van der Waals surface area contributed by atoms with E-state index in [0.717, 1.165) is 26.5 Å². The van der Waals surface area contributed by atoms with Gasteiger partial charge in [-0.1, -0.05) is 47.1 Å². The third-order valence-electron chi connectivity index (χ3n) is 4.22. The van der Waals surface area contributed by atoms with Crippen molar-refractivity contribution < 1.29 is 9.32 Å². The van der Waals surface area contributed by atoms with Crippen LogP contribution in [-0.4, -0.2) is 16.0 Å². The summed E-state index contributed by atoms with van der Waals surface area (Å²) in [5, 5.41) is 9.32. The van der Waals surface area contributed by atoms with E-state index in [-0.39, 0.29) is 12.3 Å². The van der Waals surface area contributed by atoms with E-state index in [4.69, 9.17) is 16.1 Å². The summed E-state index contributed by atoms with van der Waals surface area (Å²) in [6.07, 6.45) is 0.173. The molecule has 136 valence electrons. The number of hydrogen-bond acceptors (Lipinski definition) is 5. The molecule has 0 radical (unpaired) electrons. The zero-order valence-electron chi connectivity index (χ0n) is 14.5. The van der Waals surface area contributed by atoms with Gasteiger partial charge in [0.2, 0.25) is 5.91 Å². The number of hydrogen-bond donors (Lipinski definition) is 1. The van der Waals surface area contributed by atoms with Crippen LogP contribution in [0.25, 0.3) is 21.5 Å². The predicted octanol–water partition coefficient (Wildman–Crippen LogP) is 4.77. The molecule has 0 aliphatic rings. The van der Waals surface area contributed by atoms with E-state index in [9.17, 15) is 4.79 Å². The summed E-state index contributed by atoms with van der Waals surface area (Å²) in [4.78, 5) is 17.9. The summed E-state index contributed by atoms with van der Waals surface area (Å²) in [7, 11) is 0. The summed E-state index contributed by atoms with van der Waals surface area (Å²) in [6, 6.07) is 15.1. The van der Waals surface area contributed by atoms with Crippen molar-refractivity contribution in [2.75, 3.05) is 0 Å². The van der Waals surface area contributed by atoms with E-state index in [0.29, 0.717) is 22.8 Å². The van der Waals surface area contributed by atoms with Crippen LogP contribution >= 0.6 is 22.9 Å². The maximum Gasteiger partial charge on any atom is 0.226 e. The summed E-state index contributed by atoms with van der Waals surface area (Å²) in [6.45, 7) is 2.35. The fourth-order valence-corrected chi connectivity index (χ4v) is 4.12. The molecule has 0 aliphatic carbocycles. The van der Waals surface area contributed by atoms with Crippen LogP contribution in [0.15, 0.2) is 53.1 Å². The first-order valence-corrected chi connectivity index (χ1v) is 9.62. The second-order valence-corrected chi connectivity index (χ2v) is 7.58. The Hall–Kier alpha value is -2.70. The van der Waals surface area contributed by atoms with E-state index >= 15 is 0 Å². The van der Waals surface area contributed by atoms with Crippen molar-refractivity contribution in [2.45, 2.75) is 19.9 Å². The first-order chi connectivity index (χ1) is 13.1. The lowest BCUT2D eigenvalue weighted by molar-refractivity contribution is -0.120. The van der Waals surface area contributed by atoms with Gasteiger partial charge in [0, 0.05) is 15.8 Å². The fourth-order valence-electron chi connectivity index (χ4n) is 2.80. The molecule has 0 saturated heterocycles. The van der Waals surface area contributed by atoms with Gasteiger partial charge in [0.1, 0.15) is 10.7 Å². The van der Waals surface area contributed by atoms with E-state index in [1.807, 2.05) is 55.5 Å². The highest BCUT2D eigenvalue weighted by molar-refractivity contribution is 7.15. The topological polar surface area (TPSA) is 68.0 Å². The highest BCUT2D eigenvalue weighted by atomic mass is 35.5. The van der Waals surface area contributed by atoms with Crippen LogP contribution < -0.4 is 5.32 Å². The van der Waals surface area contributed by atoms with Crippen LogP contribution in [0.3, 0.4) is 0 Å². The number of fused-ring (bicyclic) bond motifs is 1. The van der Waals surface area contributed by atoms with Crippen LogP contribution in [0.5, 0.6) is 0 Å². The summed E-state index contributed by atoms with van der Waals surface area (Å²) >= 11 is 7.79. The van der Waals surface area contributed by atoms with Crippen molar-refractivity contribution in [2.24, 2.45) is 0 Å². The molecule has 0 saturated carbocycles. The van der Waals surface area contributed by atoms with Gasteiger partial charge in [-0.05, 0) is 25.1 Å². The lowest BCUT2D eigenvalue weighted by Crippen LogP contribution is -2.24. The fraction of sp³-hybridized carbons (Fsp3) is 0.150. The number of nitrogens with zero attached hydrogens (tertiary/aromatic N) is 2. The Labute approximate surface area is 165 Å². The van der Waals surface area contributed by atoms with E-state index in [1.165, 1.54) is 11.3 Å². The largest absolute Gasteiger partial charge is 0.356 e. The van der Waals surface area contributed by atoms with Gasteiger partial charge in [0.05, 0.1) is 23.7 Å². The summed E-state index contributed by atoms with van der Waals surface area (Å²) in [5.74, 6) is -0.110. The lowest BCUT2D eigenvalue weighted by Gasteiger charge is -2.02. The lowest BCUT2D eigenvalue weighted by atomic mass is 10.1. The molecule has 1 N–H and O–H groups in total. The minimum absolute atomic E-state index is 0.110. The number of amides is 1. The van der Waals surface area contributed by atoms with E-state index in [2.05, 4.69) is 15.5 Å². The number of benzene rings is 2. The van der Waals surface area contributed by atoms with Crippen LogP contribution in [0.4, 0.5) is 0 Å². The van der Waals surface area contributed by atoms with Crippen LogP contribution in [-0.2, 0) is 17.8 Å². The third-order valence-corrected chi connectivity index (χ3v) is 5.74. The highest BCUT2D eigenvalue weighted by Gasteiger charge is 2.15. The molecule has 7 heteroatoms. The summed E-state index contributed by atoms with van der Waals surface area (Å²) in [5.41, 5.74) is 3.12. The number of aromatic nitrogens is 2. The van der Waals surface area contributed by atoms with Gasteiger partial charge >= 0.3 is 0 Å². The number of carbonyl (C=O) groups is 1. The molecule has 4 aromatic rings. The molecule has 2 aromatic carbocycles. The normalized spacial score (nSPS) is 11.0. The Bertz CT molecular complexity index is 1120. The number of aryl methyl sites for hydroxylation is 1. The molecule has 0 spiro atoms. The molecule has 0 unspecified atom stereocenters. The maximum atomic E-state index is 12.3. The minimum Gasteiger partial charge on any atom is -0.356 e. The average Bonchev–Trinajstić information content (AvgIpc) is 3.24. The van der Waals surface area contributed by atoms with Gasteiger partial charge in [-0.3, -0.25) is 4.79 Å². The zero-order chi connectivity index (χ0) is 18.8. The molecule has 2 heterocycles. The first kappa shape index (κ1) is 17.7. The van der Waals surface area contributed by atoms with Gasteiger partial charge in [0.25, 0.3) is 0 Å². The van der Waals surface area contributed by atoms with Crippen molar-refractivity contribution in [1.29, 1.82) is 0 Å². The number of rotatable bonds is 5. The van der Waals surface area contributed by atoms with Crippen LogP contribution in [0, 0.1) is 6.92 Å². The standard InChI is InChI=1S/C20H16ClN3O2S/c1-12-18(27-20(23-12)13-6-2-4-8-15(13)21)11-22-19(25)10-16-14-7-3-5-9-17(14)26-24-16/h2-9H,10-11H2,1H3,(H,22,25). The van der Waals surface area contributed by atoms with Crippen molar-refractivity contribution in [3.8, 4) is 10.6 Å². The molecule has 0 aliphatic heterocycles. The molecule has 27 heavy (non-hydrogen) atoms. The molecule has 0 bridgehead atoms. The average molecular weight is 398 g/mol. The molecule has 0 fully saturated rings. The van der Waals surface area contributed by atoms with Crippen molar-refractivity contribution in [1.82, 2.24) is 15.5 Å². The Morgan fingerprint density at radius 2 is 1.96 bits per heavy atom. The monoisotopic (exact) mass is 397 g/mol. The number of carbonyl (C=O) groups excluding carboxylic acids is 1. The van der Waals surface area contributed by atoms with E-state index < -0.39 is 0 Å². The van der Waals surface area contributed by atoms with Crippen LogP contribution in [0.2, 0.25) is 5.02 Å². The number of nitrogens with one attached hydrogen (secondary N) is 1. The van der Waals surface area contributed by atoms with Crippen molar-refractivity contribution in [3.05, 3.63) is 69.8 Å². The maximum absolute atomic E-state index is 12.3. The first-order valence-electron chi connectivity index (χ1n) is 8.43. The SMILES string of the molecule is Cc1nc(-c2ccccc2Cl)sc1CNC(=O)Cc1noc2ccccc12. The van der Waals surface area contributed by atoms with Crippen molar-refractivity contribution in [3.63, 3.8) is 0 Å². The molecule has 4 rings (SSSR count). The smallest absolute Gasteiger partial charge is 0.226 e. The second-order valence-electron chi connectivity index (χ2n) is 6.09. The van der Waals surface area contributed by atoms with Gasteiger partial charge in [-0.15, -0.1) is 11.3 Å².